The number of aryl methyl sites for hydroxylation is 2. The van der Waals surface area contributed by atoms with Crippen LogP contribution in [0.2, 0.25) is 0 Å². The molecule has 0 aliphatic heterocycles. The standard InChI is InChI=1S/C10H11N3OS2/c1-6-4-7-9(16-6)12-5-13(10(7)14)3-2-8(11)15/h4-5H,2-3H2,1H3,(H2,11,15). The predicted octanol–water partition coefficient (Wildman–Crippen LogP) is 1.44. The fourth-order valence-electron chi connectivity index (χ4n) is 1.47. The number of hydrogen-bond donors (Lipinski definition) is 1. The third kappa shape index (κ3) is 2.12. The summed E-state index contributed by atoms with van der Waals surface area (Å²) in [4.78, 5) is 18.5. The number of thiocarbonyl (C=S) groups is 1. The van der Waals surface area contributed by atoms with Gasteiger partial charge in [0.1, 0.15) is 4.83 Å². The lowest BCUT2D eigenvalue weighted by atomic mass is 10.3. The highest BCUT2D eigenvalue weighted by molar-refractivity contribution is 7.80. The van der Waals surface area contributed by atoms with Gasteiger partial charge in [-0.2, -0.15) is 0 Å². The summed E-state index contributed by atoms with van der Waals surface area (Å²) in [7, 11) is 0. The van der Waals surface area contributed by atoms with Crippen LogP contribution in [0.4, 0.5) is 0 Å². The fourth-order valence-corrected chi connectivity index (χ4v) is 2.40. The van der Waals surface area contributed by atoms with Gasteiger partial charge in [-0.15, -0.1) is 11.3 Å². The first-order chi connectivity index (χ1) is 7.58. The number of nitrogens with two attached hydrogens (primary N) is 1. The van der Waals surface area contributed by atoms with Crippen LogP contribution in [0.15, 0.2) is 17.2 Å². The Morgan fingerprint density at radius 2 is 2.44 bits per heavy atom. The first kappa shape index (κ1) is 11.2. The van der Waals surface area contributed by atoms with Gasteiger partial charge >= 0.3 is 0 Å². The summed E-state index contributed by atoms with van der Waals surface area (Å²) in [5, 5.41) is 0.674. The van der Waals surface area contributed by atoms with Crippen molar-refractivity contribution in [3.8, 4) is 0 Å². The number of hydrogen-bond acceptors (Lipinski definition) is 4. The van der Waals surface area contributed by atoms with E-state index in [4.69, 9.17) is 18.0 Å². The molecule has 0 saturated carbocycles. The van der Waals surface area contributed by atoms with Crippen molar-refractivity contribution in [3.63, 3.8) is 0 Å². The normalized spacial score (nSPS) is 10.8. The molecule has 0 unspecified atom stereocenters. The van der Waals surface area contributed by atoms with Gasteiger partial charge in [-0.3, -0.25) is 9.36 Å². The van der Waals surface area contributed by atoms with Crippen molar-refractivity contribution in [1.29, 1.82) is 0 Å². The maximum absolute atomic E-state index is 12.0. The Bertz CT molecular complexity index is 600. The van der Waals surface area contributed by atoms with E-state index in [0.717, 1.165) is 9.71 Å². The van der Waals surface area contributed by atoms with E-state index in [2.05, 4.69) is 4.98 Å². The topological polar surface area (TPSA) is 60.9 Å². The SMILES string of the molecule is Cc1cc2c(=O)n(CCC(N)=S)cnc2s1. The average Bonchev–Trinajstić information content (AvgIpc) is 2.58. The van der Waals surface area contributed by atoms with Crippen molar-refractivity contribution in [3.05, 3.63) is 27.6 Å². The number of nitrogens with zero attached hydrogens (tertiary/aromatic N) is 2. The van der Waals surface area contributed by atoms with Crippen LogP contribution < -0.4 is 11.3 Å². The minimum Gasteiger partial charge on any atom is -0.393 e. The quantitative estimate of drug-likeness (QED) is 0.841. The molecule has 2 aromatic rings. The van der Waals surface area contributed by atoms with Crippen LogP contribution in [-0.2, 0) is 6.54 Å². The number of thiophene rings is 1. The van der Waals surface area contributed by atoms with E-state index in [-0.39, 0.29) is 5.56 Å². The third-order valence-electron chi connectivity index (χ3n) is 2.24. The zero-order valence-corrected chi connectivity index (χ0v) is 10.4. The van der Waals surface area contributed by atoms with Crippen molar-refractivity contribution in [1.82, 2.24) is 9.55 Å². The van der Waals surface area contributed by atoms with Gasteiger partial charge in [0.2, 0.25) is 0 Å². The predicted molar refractivity (Wildman–Crippen MR) is 70.0 cm³/mol. The highest BCUT2D eigenvalue weighted by Crippen LogP contribution is 2.19. The molecule has 0 amide bonds. The minimum atomic E-state index is -0.0226. The van der Waals surface area contributed by atoms with Gasteiger partial charge < -0.3 is 5.73 Å². The van der Waals surface area contributed by atoms with Crippen molar-refractivity contribution in [2.75, 3.05) is 0 Å². The van der Waals surface area contributed by atoms with Gasteiger partial charge in [0.05, 0.1) is 16.7 Å². The second-order valence-electron chi connectivity index (χ2n) is 3.54. The van der Waals surface area contributed by atoms with E-state index in [0.29, 0.717) is 23.3 Å². The summed E-state index contributed by atoms with van der Waals surface area (Å²) in [6, 6.07) is 1.87. The molecule has 2 heterocycles. The highest BCUT2D eigenvalue weighted by Gasteiger charge is 2.06. The molecule has 0 aliphatic carbocycles. The Morgan fingerprint density at radius 1 is 1.69 bits per heavy atom. The summed E-state index contributed by atoms with van der Waals surface area (Å²) in [5.41, 5.74) is 5.38. The number of rotatable bonds is 3. The molecule has 0 spiro atoms. The van der Waals surface area contributed by atoms with Gasteiger partial charge in [0.25, 0.3) is 5.56 Å². The van der Waals surface area contributed by atoms with Crippen molar-refractivity contribution >= 4 is 38.8 Å². The molecule has 0 saturated heterocycles. The Labute approximate surface area is 102 Å². The smallest absolute Gasteiger partial charge is 0.262 e. The summed E-state index contributed by atoms with van der Waals surface area (Å²) in [6.45, 7) is 2.46. The molecular weight excluding hydrogens is 242 g/mol. The molecular formula is C10H11N3OS2. The molecule has 16 heavy (non-hydrogen) atoms. The molecule has 0 radical (unpaired) electrons. The van der Waals surface area contributed by atoms with Gasteiger partial charge in [-0.25, -0.2) is 4.98 Å². The summed E-state index contributed by atoms with van der Waals surface area (Å²) in [5.74, 6) is 0. The van der Waals surface area contributed by atoms with E-state index < -0.39 is 0 Å². The van der Waals surface area contributed by atoms with Crippen LogP contribution in [-0.4, -0.2) is 14.5 Å². The average molecular weight is 253 g/mol. The molecule has 2 rings (SSSR count). The van der Waals surface area contributed by atoms with Gasteiger partial charge in [-0.1, -0.05) is 12.2 Å². The zero-order valence-electron chi connectivity index (χ0n) is 8.77. The second kappa shape index (κ2) is 4.31. The molecule has 0 fully saturated rings. The fraction of sp³-hybridized carbons (Fsp3) is 0.300. The minimum absolute atomic E-state index is 0.0226. The maximum Gasteiger partial charge on any atom is 0.262 e. The lowest BCUT2D eigenvalue weighted by Gasteiger charge is -2.03. The van der Waals surface area contributed by atoms with Crippen molar-refractivity contribution in [2.24, 2.45) is 5.73 Å². The molecule has 0 aliphatic rings. The molecule has 2 aromatic heterocycles. The monoisotopic (exact) mass is 253 g/mol. The molecule has 0 atom stereocenters. The van der Waals surface area contributed by atoms with Crippen LogP contribution in [0, 0.1) is 6.92 Å². The Balaban J connectivity index is 2.44. The summed E-state index contributed by atoms with van der Waals surface area (Å²) in [6.07, 6.45) is 2.07. The van der Waals surface area contributed by atoms with Crippen molar-refractivity contribution < 1.29 is 0 Å². The second-order valence-corrected chi connectivity index (χ2v) is 5.29. The maximum atomic E-state index is 12.0. The van der Waals surface area contributed by atoms with E-state index in [1.165, 1.54) is 11.3 Å². The lowest BCUT2D eigenvalue weighted by Crippen LogP contribution is -2.22. The number of fused-ring (bicyclic) bond motifs is 1. The van der Waals surface area contributed by atoms with Gasteiger partial charge in [0.15, 0.2) is 0 Å². The van der Waals surface area contributed by atoms with Crippen LogP contribution in [0.3, 0.4) is 0 Å². The van der Waals surface area contributed by atoms with Crippen LogP contribution in [0.1, 0.15) is 11.3 Å². The Kier molecular flexibility index (Phi) is 3.02. The molecule has 2 N–H and O–H groups in total. The summed E-state index contributed by atoms with van der Waals surface area (Å²) >= 11 is 6.31. The first-order valence-corrected chi connectivity index (χ1v) is 6.04. The molecule has 4 nitrogen and oxygen atoms in total. The first-order valence-electron chi connectivity index (χ1n) is 4.82. The molecule has 84 valence electrons. The van der Waals surface area contributed by atoms with Crippen LogP contribution in [0.25, 0.3) is 10.2 Å². The zero-order chi connectivity index (χ0) is 11.7. The molecule has 0 aromatic carbocycles. The van der Waals surface area contributed by atoms with E-state index in [1.54, 1.807) is 10.9 Å². The van der Waals surface area contributed by atoms with Crippen molar-refractivity contribution in [2.45, 2.75) is 19.9 Å². The highest BCUT2D eigenvalue weighted by atomic mass is 32.1. The summed E-state index contributed by atoms with van der Waals surface area (Å²) < 4.78 is 1.55. The number of aromatic nitrogens is 2. The molecule has 0 bridgehead atoms. The Hall–Kier alpha value is -1.27. The van der Waals surface area contributed by atoms with Crippen LogP contribution >= 0.6 is 23.6 Å². The largest absolute Gasteiger partial charge is 0.393 e. The lowest BCUT2D eigenvalue weighted by molar-refractivity contribution is 0.688. The van der Waals surface area contributed by atoms with Gasteiger partial charge in [-0.05, 0) is 13.0 Å². The molecule has 6 heteroatoms. The Morgan fingerprint density at radius 3 is 3.12 bits per heavy atom. The van der Waals surface area contributed by atoms with Crippen LogP contribution in [0.5, 0.6) is 0 Å². The van der Waals surface area contributed by atoms with E-state index in [1.807, 2.05) is 13.0 Å². The van der Waals surface area contributed by atoms with E-state index in [9.17, 15) is 4.79 Å². The third-order valence-corrected chi connectivity index (χ3v) is 3.40. The van der Waals surface area contributed by atoms with E-state index >= 15 is 0 Å². The van der Waals surface area contributed by atoms with Gasteiger partial charge in [0, 0.05) is 17.8 Å².